The topological polar surface area (TPSA) is 54.1 Å². The number of aromatic nitrogens is 2. The van der Waals surface area contributed by atoms with Gasteiger partial charge in [-0.15, -0.1) is 0 Å². The maximum Gasteiger partial charge on any atom is 0.144 e. The number of fused-ring (bicyclic) bond motifs is 1. The second-order valence-electron chi connectivity index (χ2n) is 4.86. The summed E-state index contributed by atoms with van der Waals surface area (Å²) in [5.74, 6) is 0. The first-order valence-electron chi connectivity index (χ1n) is 6.06. The highest BCUT2D eigenvalue weighted by atomic mass is 16.5. The van der Waals surface area contributed by atoms with Crippen molar-refractivity contribution in [1.82, 2.24) is 14.7 Å². The van der Waals surface area contributed by atoms with Gasteiger partial charge in [0.1, 0.15) is 11.8 Å². The summed E-state index contributed by atoms with van der Waals surface area (Å²) in [4.78, 5) is 2.32. The molecule has 0 aromatic carbocycles. The molecule has 0 amide bonds. The molecule has 90 valence electrons. The number of likely N-dealkylation sites (tertiary alicyclic amines) is 1. The van der Waals surface area contributed by atoms with Crippen LogP contribution in [-0.4, -0.2) is 34.8 Å². The fourth-order valence-electron chi connectivity index (χ4n) is 2.66. The molecule has 0 unspecified atom stereocenters. The summed E-state index contributed by atoms with van der Waals surface area (Å²) in [6, 6.07) is 2.67. The Morgan fingerprint density at radius 2 is 2.12 bits per heavy atom. The molecule has 2 aliphatic heterocycles. The predicted octanol–water partition coefficient (Wildman–Crippen LogP) is 1.05. The van der Waals surface area contributed by atoms with Crippen molar-refractivity contribution in [1.29, 1.82) is 5.26 Å². The number of nitrogens with zero attached hydrogens (tertiary/aromatic N) is 4. The molecular weight excluding hydrogens is 216 g/mol. The van der Waals surface area contributed by atoms with Gasteiger partial charge in [-0.25, -0.2) is 0 Å². The minimum Gasteiger partial charge on any atom is -0.370 e. The molecule has 0 saturated carbocycles. The Balaban J connectivity index is 1.91. The average molecular weight is 232 g/mol. The average Bonchev–Trinajstić information content (AvgIpc) is 2.89. The standard InChI is InChI=1S/C12H16N4O/c1-15-4-2-9(3-5-15)16-12(6-13)10-7-17-8-11(10)14-16/h9H,2-5,7-8H2,1H3. The first-order valence-corrected chi connectivity index (χ1v) is 6.06. The molecule has 2 aliphatic rings. The molecule has 0 radical (unpaired) electrons. The van der Waals surface area contributed by atoms with Gasteiger partial charge < -0.3 is 9.64 Å². The molecule has 0 N–H and O–H groups in total. The van der Waals surface area contributed by atoms with Crippen LogP contribution in [0.1, 0.15) is 35.8 Å². The monoisotopic (exact) mass is 232 g/mol. The van der Waals surface area contributed by atoms with Gasteiger partial charge in [0.05, 0.1) is 24.9 Å². The molecule has 0 bridgehead atoms. The van der Waals surface area contributed by atoms with Gasteiger partial charge in [0, 0.05) is 5.56 Å². The summed E-state index contributed by atoms with van der Waals surface area (Å²) < 4.78 is 7.27. The predicted molar refractivity (Wildman–Crippen MR) is 61.2 cm³/mol. The van der Waals surface area contributed by atoms with Crippen molar-refractivity contribution in [2.45, 2.75) is 32.1 Å². The second kappa shape index (κ2) is 4.13. The quantitative estimate of drug-likeness (QED) is 0.726. The van der Waals surface area contributed by atoms with E-state index in [9.17, 15) is 5.26 Å². The molecular formula is C12H16N4O. The molecule has 0 atom stereocenters. The lowest BCUT2D eigenvalue weighted by atomic mass is 10.1. The zero-order chi connectivity index (χ0) is 11.8. The lowest BCUT2D eigenvalue weighted by Gasteiger charge is -2.29. The molecule has 5 nitrogen and oxygen atoms in total. The summed E-state index contributed by atoms with van der Waals surface area (Å²) >= 11 is 0. The van der Waals surface area contributed by atoms with Crippen molar-refractivity contribution in [3.8, 4) is 6.07 Å². The Bertz CT molecular complexity index is 466. The Kier molecular flexibility index (Phi) is 2.61. The van der Waals surface area contributed by atoms with Crippen molar-refractivity contribution in [2.24, 2.45) is 0 Å². The smallest absolute Gasteiger partial charge is 0.144 e. The summed E-state index contributed by atoms with van der Waals surface area (Å²) in [6.45, 7) is 3.27. The first-order chi connectivity index (χ1) is 8.29. The third kappa shape index (κ3) is 1.74. The summed E-state index contributed by atoms with van der Waals surface area (Å²) in [5.41, 5.74) is 2.68. The van der Waals surface area contributed by atoms with Gasteiger partial charge in [-0.2, -0.15) is 10.4 Å². The van der Waals surface area contributed by atoms with Crippen LogP contribution in [-0.2, 0) is 18.0 Å². The van der Waals surface area contributed by atoms with Crippen LogP contribution in [0.4, 0.5) is 0 Å². The Hall–Kier alpha value is -1.38. The number of hydrogen-bond donors (Lipinski definition) is 0. The highest BCUT2D eigenvalue weighted by Gasteiger charge is 2.27. The lowest BCUT2D eigenvalue weighted by molar-refractivity contribution is 0.128. The lowest BCUT2D eigenvalue weighted by Crippen LogP contribution is -2.32. The molecule has 1 fully saturated rings. The van der Waals surface area contributed by atoms with Crippen LogP contribution < -0.4 is 0 Å². The number of rotatable bonds is 1. The third-order valence-electron chi connectivity index (χ3n) is 3.72. The number of ether oxygens (including phenoxy) is 1. The van der Waals surface area contributed by atoms with Crippen LogP contribution >= 0.6 is 0 Å². The number of piperidine rings is 1. The highest BCUT2D eigenvalue weighted by Crippen LogP contribution is 2.28. The van der Waals surface area contributed by atoms with Gasteiger partial charge in [-0.05, 0) is 33.0 Å². The van der Waals surface area contributed by atoms with E-state index in [2.05, 4.69) is 23.1 Å². The van der Waals surface area contributed by atoms with E-state index in [1.807, 2.05) is 4.68 Å². The Morgan fingerprint density at radius 1 is 1.35 bits per heavy atom. The summed E-state index contributed by atoms with van der Waals surface area (Å²) in [7, 11) is 2.14. The van der Waals surface area contributed by atoms with Gasteiger partial charge in [-0.1, -0.05) is 0 Å². The number of hydrogen-bond acceptors (Lipinski definition) is 4. The zero-order valence-electron chi connectivity index (χ0n) is 10.0. The van der Waals surface area contributed by atoms with Crippen LogP contribution in [0.2, 0.25) is 0 Å². The molecule has 1 aromatic rings. The van der Waals surface area contributed by atoms with Gasteiger partial charge in [0.25, 0.3) is 0 Å². The van der Waals surface area contributed by atoms with Gasteiger partial charge in [0.15, 0.2) is 0 Å². The molecule has 0 spiro atoms. The van der Waals surface area contributed by atoms with E-state index < -0.39 is 0 Å². The van der Waals surface area contributed by atoms with Crippen molar-refractivity contribution in [2.75, 3.05) is 20.1 Å². The second-order valence-corrected chi connectivity index (χ2v) is 4.86. The van der Waals surface area contributed by atoms with Gasteiger partial charge >= 0.3 is 0 Å². The van der Waals surface area contributed by atoms with Crippen LogP contribution in [0.25, 0.3) is 0 Å². The van der Waals surface area contributed by atoms with Crippen LogP contribution in [0.3, 0.4) is 0 Å². The van der Waals surface area contributed by atoms with E-state index in [-0.39, 0.29) is 0 Å². The van der Waals surface area contributed by atoms with E-state index in [0.29, 0.717) is 24.9 Å². The van der Waals surface area contributed by atoms with E-state index in [1.54, 1.807) is 0 Å². The minimum absolute atomic E-state index is 0.381. The SMILES string of the molecule is CN1CCC(n2nc3c(c2C#N)COC3)CC1. The third-order valence-corrected chi connectivity index (χ3v) is 3.72. The minimum atomic E-state index is 0.381. The normalized spacial score (nSPS) is 21.4. The highest BCUT2D eigenvalue weighted by molar-refractivity contribution is 5.36. The summed E-state index contributed by atoms with van der Waals surface area (Å²) in [5, 5.41) is 13.8. The van der Waals surface area contributed by atoms with Crippen LogP contribution in [0.5, 0.6) is 0 Å². The van der Waals surface area contributed by atoms with E-state index in [0.717, 1.165) is 37.2 Å². The molecule has 17 heavy (non-hydrogen) atoms. The van der Waals surface area contributed by atoms with Crippen molar-refractivity contribution in [3.63, 3.8) is 0 Å². The maximum atomic E-state index is 9.28. The fourth-order valence-corrected chi connectivity index (χ4v) is 2.66. The fraction of sp³-hybridized carbons (Fsp3) is 0.667. The van der Waals surface area contributed by atoms with Crippen LogP contribution in [0, 0.1) is 11.3 Å². The molecule has 3 rings (SSSR count). The van der Waals surface area contributed by atoms with E-state index in [4.69, 9.17) is 4.74 Å². The largest absolute Gasteiger partial charge is 0.370 e. The van der Waals surface area contributed by atoms with Crippen LogP contribution in [0.15, 0.2) is 0 Å². The Labute approximate surface area is 101 Å². The molecule has 5 heteroatoms. The molecule has 3 heterocycles. The van der Waals surface area contributed by atoms with Crippen molar-refractivity contribution >= 4 is 0 Å². The van der Waals surface area contributed by atoms with Crippen molar-refractivity contribution in [3.05, 3.63) is 17.0 Å². The molecule has 0 aliphatic carbocycles. The van der Waals surface area contributed by atoms with E-state index >= 15 is 0 Å². The van der Waals surface area contributed by atoms with E-state index in [1.165, 1.54) is 0 Å². The Morgan fingerprint density at radius 3 is 2.82 bits per heavy atom. The zero-order valence-corrected chi connectivity index (χ0v) is 10.0. The summed E-state index contributed by atoms with van der Waals surface area (Å²) in [6.07, 6.45) is 2.15. The number of nitriles is 1. The molecule has 1 aromatic heterocycles. The molecule has 1 saturated heterocycles. The van der Waals surface area contributed by atoms with Gasteiger partial charge in [-0.3, -0.25) is 4.68 Å². The first kappa shape index (κ1) is 10.8. The maximum absolute atomic E-state index is 9.28. The van der Waals surface area contributed by atoms with Gasteiger partial charge in [0.2, 0.25) is 0 Å². The van der Waals surface area contributed by atoms with Crippen molar-refractivity contribution < 1.29 is 4.74 Å².